The van der Waals surface area contributed by atoms with E-state index in [1.54, 1.807) is 0 Å². The van der Waals surface area contributed by atoms with E-state index in [0.717, 1.165) is 31.1 Å². The fourth-order valence-electron chi connectivity index (χ4n) is 3.17. The lowest BCUT2D eigenvalue weighted by atomic mass is 9.88. The minimum Gasteiger partial charge on any atom is -0.362 e. The van der Waals surface area contributed by atoms with Crippen molar-refractivity contribution < 1.29 is 0 Å². The van der Waals surface area contributed by atoms with Gasteiger partial charge < -0.3 is 10.2 Å². The largest absolute Gasteiger partial charge is 0.362 e. The third-order valence-corrected chi connectivity index (χ3v) is 4.51. The lowest BCUT2D eigenvalue weighted by molar-refractivity contribution is 0.550. The molecule has 0 amide bonds. The van der Waals surface area contributed by atoms with E-state index in [4.69, 9.17) is 11.6 Å². The van der Waals surface area contributed by atoms with Crippen LogP contribution in [0.5, 0.6) is 0 Å². The first-order valence-corrected chi connectivity index (χ1v) is 8.29. The van der Waals surface area contributed by atoms with Gasteiger partial charge in [0.15, 0.2) is 0 Å². The number of nitrogens with one attached hydrogen (secondary N) is 1. The fourth-order valence-corrected chi connectivity index (χ4v) is 3.39. The quantitative estimate of drug-likeness (QED) is 0.835. The minimum atomic E-state index is 0.0413. The van der Waals surface area contributed by atoms with Crippen LogP contribution in [0.4, 0.5) is 5.69 Å². The Morgan fingerprint density at radius 1 is 1.24 bits per heavy atom. The van der Waals surface area contributed by atoms with Gasteiger partial charge in [0.05, 0.1) is 5.54 Å². The van der Waals surface area contributed by atoms with Crippen LogP contribution in [0, 0.1) is 0 Å². The molecule has 0 spiro atoms. The van der Waals surface area contributed by atoms with E-state index in [1.165, 1.54) is 22.4 Å². The lowest BCUT2D eigenvalue weighted by Crippen LogP contribution is -2.45. The molecule has 0 atom stereocenters. The third kappa shape index (κ3) is 3.27. The molecule has 1 heterocycles. The highest BCUT2D eigenvalue weighted by molar-refractivity contribution is 6.31. The van der Waals surface area contributed by atoms with Crippen LogP contribution < -0.4 is 10.2 Å². The number of anilines is 1. The summed E-state index contributed by atoms with van der Waals surface area (Å²) in [4.78, 5) is 2.47. The molecule has 1 aliphatic heterocycles. The molecule has 2 nitrogen and oxygen atoms in total. The monoisotopic (exact) mass is 306 g/mol. The number of fused-ring (bicyclic) bond motifs is 1. The first kappa shape index (κ1) is 16.4. The third-order valence-electron chi connectivity index (χ3n) is 4.16. The van der Waals surface area contributed by atoms with Crippen molar-refractivity contribution in [3.05, 3.63) is 34.4 Å². The highest BCUT2D eigenvalue weighted by atomic mass is 35.5. The van der Waals surface area contributed by atoms with E-state index in [1.807, 2.05) is 0 Å². The summed E-state index contributed by atoms with van der Waals surface area (Å²) in [7, 11) is 0. The smallest absolute Gasteiger partial charge is 0.0534 e. The van der Waals surface area contributed by atoms with Gasteiger partial charge in [-0.25, -0.2) is 0 Å². The van der Waals surface area contributed by atoms with E-state index >= 15 is 0 Å². The van der Waals surface area contributed by atoms with E-state index in [-0.39, 0.29) is 5.54 Å². The first-order valence-electron chi connectivity index (χ1n) is 7.91. The molecule has 1 aliphatic rings. The second-order valence-corrected chi connectivity index (χ2v) is 6.78. The van der Waals surface area contributed by atoms with Crippen molar-refractivity contribution in [2.45, 2.75) is 53.1 Å². The second kappa shape index (κ2) is 6.41. The van der Waals surface area contributed by atoms with Gasteiger partial charge in [0.2, 0.25) is 0 Å². The Labute approximate surface area is 134 Å². The van der Waals surface area contributed by atoms with Crippen LogP contribution in [0.2, 0.25) is 5.02 Å². The SMILES string of the molecule is CCCN1c2cc(Cl)c(CNCC)cc2C(C)=CC1(C)C. The molecule has 0 aromatic heterocycles. The van der Waals surface area contributed by atoms with Crippen LogP contribution in [0.3, 0.4) is 0 Å². The predicted molar refractivity (Wildman–Crippen MR) is 94.2 cm³/mol. The van der Waals surface area contributed by atoms with Crippen LogP contribution in [-0.2, 0) is 6.54 Å². The molecule has 0 radical (unpaired) electrons. The zero-order valence-corrected chi connectivity index (χ0v) is 14.6. The number of benzene rings is 1. The highest BCUT2D eigenvalue weighted by Gasteiger charge is 2.31. The topological polar surface area (TPSA) is 15.3 Å². The van der Waals surface area contributed by atoms with Gasteiger partial charge >= 0.3 is 0 Å². The second-order valence-electron chi connectivity index (χ2n) is 6.37. The zero-order chi connectivity index (χ0) is 15.6. The van der Waals surface area contributed by atoms with Gasteiger partial charge in [-0.05, 0) is 57.0 Å². The zero-order valence-electron chi connectivity index (χ0n) is 13.9. The average molecular weight is 307 g/mol. The van der Waals surface area contributed by atoms with Crippen molar-refractivity contribution in [3.63, 3.8) is 0 Å². The van der Waals surface area contributed by atoms with Gasteiger partial charge in [-0.15, -0.1) is 0 Å². The van der Waals surface area contributed by atoms with Gasteiger partial charge in [0.25, 0.3) is 0 Å². The summed E-state index contributed by atoms with van der Waals surface area (Å²) in [6, 6.07) is 4.40. The van der Waals surface area contributed by atoms with Crippen LogP contribution in [0.15, 0.2) is 18.2 Å². The molecule has 0 fully saturated rings. The Kier molecular flexibility index (Phi) is 5.00. The molecule has 1 N–H and O–H groups in total. The number of allylic oxidation sites excluding steroid dienone is 1. The molecule has 2 rings (SSSR count). The molecule has 0 unspecified atom stereocenters. The van der Waals surface area contributed by atoms with Crippen molar-refractivity contribution in [1.29, 1.82) is 0 Å². The molecular formula is C18H27ClN2. The number of hydrogen-bond acceptors (Lipinski definition) is 2. The number of hydrogen-bond donors (Lipinski definition) is 1. The van der Waals surface area contributed by atoms with Crippen LogP contribution in [-0.4, -0.2) is 18.6 Å². The molecule has 3 heteroatoms. The Morgan fingerprint density at radius 3 is 2.57 bits per heavy atom. The number of halogens is 1. The summed E-state index contributed by atoms with van der Waals surface area (Å²) in [6.07, 6.45) is 3.50. The van der Waals surface area contributed by atoms with Crippen LogP contribution in [0.25, 0.3) is 5.57 Å². The lowest BCUT2D eigenvalue weighted by Gasteiger charge is -2.43. The summed E-state index contributed by atoms with van der Waals surface area (Å²) in [5.41, 5.74) is 5.16. The van der Waals surface area contributed by atoms with Gasteiger partial charge in [-0.1, -0.05) is 31.5 Å². The standard InChI is InChI=1S/C18H27ClN2/c1-6-8-21-17-10-16(19)14(12-20-7-2)9-15(17)13(3)11-18(21,4)5/h9-11,20H,6-8,12H2,1-5H3. The minimum absolute atomic E-state index is 0.0413. The van der Waals surface area contributed by atoms with Crippen molar-refractivity contribution in [2.75, 3.05) is 18.0 Å². The maximum atomic E-state index is 6.52. The molecule has 1 aromatic rings. The summed E-state index contributed by atoms with van der Waals surface area (Å²) in [5, 5.41) is 4.22. The van der Waals surface area contributed by atoms with Crippen molar-refractivity contribution in [3.8, 4) is 0 Å². The summed E-state index contributed by atoms with van der Waals surface area (Å²) >= 11 is 6.52. The molecule has 116 valence electrons. The highest BCUT2D eigenvalue weighted by Crippen LogP contribution is 2.41. The van der Waals surface area contributed by atoms with Crippen molar-refractivity contribution in [1.82, 2.24) is 5.32 Å². The van der Waals surface area contributed by atoms with Crippen LogP contribution >= 0.6 is 11.6 Å². The predicted octanol–water partition coefficient (Wildman–Crippen LogP) is 4.86. The Balaban J connectivity index is 2.50. The van der Waals surface area contributed by atoms with Gasteiger partial charge in [-0.3, -0.25) is 0 Å². The molecule has 1 aromatic carbocycles. The molecule has 21 heavy (non-hydrogen) atoms. The summed E-state index contributed by atoms with van der Waals surface area (Å²) in [5.74, 6) is 0. The van der Waals surface area contributed by atoms with E-state index in [9.17, 15) is 0 Å². The maximum Gasteiger partial charge on any atom is 0.0534 e. The van der Waals surface area contributed by atoms with E-state index < -0.39 is 0 Å². The Hall–Kier alpha value is -0.990. The Bertz CT molecular complexity index is 546. The number of nitrogens with zero attached hydrogens (tertiary/aromatic N) is 1. The van der Waals surface area contributed by atoms with Gasteiger partial charge in [-0.2, -0.15) is 0 Å². The molecule has 0 saturated carbocycles. The fraction of sp³-hybridized carbons (Fsp3) is 0.556. The van der Waals surface area contributed by atoms with E-state index in [2.05, 4.69) is 63.0 Å². The molecule has 0 bridgehead atoms. The first-order chi connectivity index (χ1) is 9.90. The normalized spacial score (nSPS) is 16.7. The summed E-state index contributed by atoms with van der Waals surface area (Å²) < 4.78 is 0. The maximum absolute atomic E-state index is 6.52. The molecule has 0 saturated heterocycles. The van der Waals surface area contributed by atoms with Crippen molar-refractivity contribution >= 4 is 22.9 Å². The Morgan fingerprint density at radius 2 is 1.95 bits per heavy atom. The van der Waals surface area contributed by atoms with Gasteiger partial charge in [0.1, 0.15) is 0 Å². The molecular weight excluding hydrogens is 280 g/mol. The van der Waals surface area contributed by atoms with Gasteiger partial charge in [0, 0.05) is 29.4 Å². The van der Waals surface area contributed by atoms with Crippen molar-refractivity contribution in [2.24, 2.45) is 0 Å². The summed E-state index contributed by atoms with van der Waals surface area (Å²) in [6.45, 7) is 13.9. The van der Waals surface area contributed by atoms with E-state index in [0.29, 0.717) is 0 Å². The number of rotatable bonds is 5. The molecule has 0 aliphatic carbocycles. The average Bonchev–Trinajstić information content (AvgIpc) is 2.41. The van der Waals surface area contributed by atoms with Crippen LogP contribution in [0.1, 0.15) is 52.2 Å².